The maximum atomic E-state index is 10.2. The molecule has 1 rings (SSSR count). The van der Waals surface area contributed by atoms with Gasteiger partial charge in [-0.25, -0.2) is 4.79 Å². The number of carboxylic acid groups (broad SMARTS) is 1. The number of aliphatic hydroxyl groups excluding tert-OH is 1. The standard InChI is InChI=1S/C8H9NO3/c10-7(8(11)12)4-6-2-1-3-9-5-6/h1-3,5,7,10H,4H2,(H,11,12)/t7-/m1/s1. The molecule has 0 fully saturated rings. The van der Waals surface area contributed by atoms with Crippen molar-refractivity contribution in [2.24, 2.45) is 0 Å². The number of rotatable bonds is 3. The Labute approximate surface area is 69.5 Å². The maximum absolute atomic E-state index is 10.2. The summed E-state index contributed by atoms with van der Waals surface area (Å²) in [5.74, 6) is -1.21. The van der Waals surface area contributed by atoms with Gasteiger partial charge in [0.15, 0.2) is 6.10 Å². The minimum Gasteiger partial charge on any atom is -0.479 e. The molecule has 1 atom stereocenters. The van der Waals surface area contributed by atoms with Crippen LogP contribution in [0.15, 0.2) is 24.5 Å². The van der Waals surface area contributed by atoms with E-state index in [4.69, 9.17) is 10.2 Å². The predicted molar refractivity (Wildman–Crippen MR) is 41.6 cm³/mol. The minimum absolute atomic E-state index is 0.100. The highest BCUT2D eigenvalue weighted by Gasteiger charge is 2.12. The number of aliphatic hydroxyl groups is 1. The van der Waals surface area contributed by atoms with Crippen molar-refractivity contribution < 1.29 is 15.0 Å². The number of aromatic nitrogens is 1. The van der Waals surface area contributed by atoms with Gasteiger partial charge >= 0.3 is 5.97 Å². The lowest BCUT2D eigenvalue weighted by Gasteiger charge is -2.03. The summed E-state index contributed by atoms with van der Waals surface area (Å²) >= 11 is 0. The highest BCUT2D eigenvalue weighted by atomic mass is 16.4. The van der Waals surface area contributed by atoms with E-state index in [0.29, 0.717) is 5.56 Å². The van der Waals surface area contributed by atoms with Gasteiger partial charge in [-0.05, 0) is 11.6 Å². The van der Waals surface area contributed by atoms with Crippen LogP contribution in [0.4, 0.5) is 0 Å². The molecular formula is C8H9NO3. The Morgan fingerprint density at radius 1 is 1.67 bits per heavy atom. The van der Waals surface area contributed by atoms with Crippen LogP contribution < -0.4 is 0 Å². The lowest BCUT2D eigenvalue weighted by atomic mass is 10.1. The first-order valence-electron chi connectivity index (χ1n) is 3.50. The number of hydrogen-bond donors (Lipinski definition) is 2. The van der Waals surface area contributed by atoms with Crippen molar-refractivity contribution in [2.75, 3.05) is 0 Å². The zero-order valence-electron chi connectivity index (χ0n) is 6.34. The second kappa shape index (κ2) is 3.82. The van der Waals surface area contributed by atoms with E-state index in [9.17, 15) is 4.79 Å². The number of carbonyl (C=O) groups is 1. The first-order chi connectivity index (χ1) is 5.70. The van der Waals surface area contributed by atoms with Gasteiger partial charge < -0.3 is 10.2 Å². The van der Waals surface area contributed by atoms with E-state index < -0.39 is 12.1 Å². The Balaban J connectivity index is 2.58. The molecule has 0 aliphatic rings. The second-order valence-corrected chi connectivity index (χ2v) is 2.42. The lowest BCUT2D eigenvalue weighted by Crippen LogP contribution is -2.21. The summed E-state index contributed by atoms with van der Waals surface area (Å²) in [7, 11) is 0. The molecule has 4 heteroatoms. The van der Waals surface area contributed by atoms with Crippen LogP contribution in [0.5, 0.6) is 0 Å². The summed E-state index contributed by atoms with van der Waals surface area (Å²) in [5, 5.41) is 17.3. The van der Waals surface area contributed by atoms with E-state index in [1.807, 2.05) is 0 Å². The molecule has 64 valence electrons. The summed E-state index contributed by atoms with van der Waals surface area (Å²) in [5.41, 5.74) is 0.715. The fourth-order valence-corrected chi connectivity index (χ4v) is 0.829. The molecule has 0 aliphatic carbocycles. The second-order valence-electron chi connectivity index (χ2n) is 2.42. The first-order valence-corrected chi connectivity index (χ1v) is 3.50. The van der Waals surface area contributed by atoms with Crippen molar-refractivity contribution in [1.82, 2.24) is 4.98 Å². The Hall–Kier alpha value is -1.42. The van der Waals surface area contributed by atoms with Crippen molar-refractivity contribution >= 4 is 5.97 Å². The van der Waals surface area contributed by atoms with Gasteiger partial charge in [0, 0.05) is 18.8 Å². The fourth-order valence-electron chi connectivity index (χ4n) is 0.829. The summed E-state index contributed by atoms with van der Waals surface area (Å²) in [6, 6.07) is 3.42. The Kier molecular flexibility index (Phi) is 2.76. The van der Waals surface area contributed by atoms with Gasteiger partial charge in [-0.3, -0.25) is 4.98 Å². The summed E-state index contributed by atoms with van der Waals surface area (Å²) in [6.07, 6.45) is 1.89. The van der Waals surface area contributed by atoms with Crippen molar-refractivity contribution in [3.05, 3.63) is 30.1 Å². The van der Waals surface area contributed by atoms with Crippen LogP contribution in [0.1, 0.15) is 5.56 Å². The molecule has 1 heterocycles. The molecule has 0 aliphatic heterocycles. The van der Waals surface area contributed by atoms with Crippen molar-refractivity contribution in [3.8, 4) is 0 Å². The highest BCUT2D eigenvalue weighted by molar-refractivity contribution is 5.72. The monoisotopic (exact) mass is 167 g/mol. The molecular weight excluding hydrogens is 158 g/mol. The van der Waals surface area contributed by atoms with Crippen molar-refractivity contribution in [2.45, 2.75) is 12.5 Å². The predicted octanol–water partition coefficient (Wildman–Crippen LogP) is 0.0696. The van der Waals surface area contributed by atoms with Crippen LogP contribution in [0.2, 0.25) is 0 Å². The van der Waals surface area contributed by atoms with Crippen LogP contribution in [0.25, 0.3) is 0 Å². The van der Waals surface area contributed by atoms with E-state index >= 15 is 0 Å². The molecule has 2 N–H and O–H groups in total. The van der Waals surface area contributed by atoms with Crippen LogP contribution in [0.3, 0.4) is 0 Å². The third-order valence-corrected chi connectivity index (χ3v) is 1.44. The van der Waals surface area contributed by atoms with E-state index in [0.717, 1.165) is 0 Å². The highest BCUT2D eigenvalue weighted by Crippen LogP contribution is 2.00. The SMILES string of the molecule is O=C(O)[C@H](O)Cc1cccnc1. The summed E-state index contributed by atoms with van der Waals surface area (Å²) in [4.78, 5) is 14.0. The number of carboxylic acids is 1. The number of hydrogen-bond acceptors (Lipinski definition) is 3. The summed E-state index contributed by atoms with van der Waals surface area (Å²) in [6.45, 7) is 0. The molecule has 0 unspecified atom stereocenters. The molecule has 0 amide bonds. The smallest absolute Gasteiger partial charge is 0.332 e. The van der Waals surface area contributed by atoms with Gasteiger partial charge in [0.05, 0.1) is 0 Å². The van der Waals surface area contributed by atoms with E-state index in [1.165, 1.54) is 6.20 Å². The molecule has 4 nitrogen and oxygen atoms in total. The van der Waals surface area contributed by atoms with Crippen molar-refractivity contribution in [1.29, 1.82) is 0 Å². The molecule has 0 spiro atoms. The zero-order chi connectivity index (χ0) is 8.97. The van der Waals surface area contributed by atoms with Gasteiger partial charge in [-0.2, -0.15) is 0 Å². The van der Waals surface area contributed by atoms with Crippen LogP contribution in [-0.4, -0.2) is 27.3 Å². The number of pyridine rings is 1. The molecule has 0 saturated heterocycles. The molecule has 1 aromatic heterocycles. The van der Waals surface area contributed by atoms with Gasteiger partial charge in [0.25, 0.3) is 0 Å². The van der Waals surface area contributed by atoms with E-state index in [2.05, 4.69) is 4.98 Å². The van der Waals surface area contributed by atoms with Gasteiger partial charge in [0.2, 0.25) is 0 Å². The average molecular weight is 167 g/mol. The largest absolute Gasteiger partial charge is 0.479 e. The van der Waals surface area contributed by atoms with Gasteiger partial charge in [-0.15, -0.1) is 0 Å². The molecule has 0 aromatic carbocycles. The number of aliphatic carboxylic acids is 1. The Morgan fingerprint density at radius 3 is 2.92 bits per heavy atom. The Bertz CT molecular complexity index is 260. The third-order valence-electron chi connectivity index (χ3n) is 1.44. The lowest BCUT2D eigenvalue weighted by molar-refractivity contribution is -0.146. The van der Waals surface area contributed by atoms with Gasteiger partial charge in [0.1, 0.15) is 0 Å². The number of nitrogens with zero attached hydrogens (tertiary/aromatic N) is 1. The quantitative estimate of drug-likeness (QED) is 0.668. The zero-order valence-corrected chi connectivity index (χ0v) is 6.34. The minimum atomic E-state index is -1.34. The van der Waals surface area contributed by atoms with Crippen molar-refractivity contribution in [3.63, 3.8) is 0 Å². The maximum Gasteiger partial charge on any atom is 0.332 e. The molecule has 1 aromatic rings. The fraction of sp³-hybridized carbons (Fsp3) is 0.250. The van der Waals surface area contributed by atoms with Crippen LogP contribution in [0, 0.1) is 0 Å². The van der Waals surface area contributed by atoms with Crippen LogP contribution in [-0.2, 0) is 11.2 Å². The molecule has 0 bridgehead atoms. The molecule has 12 heavy (non-hydrogen) atoms. The van der Waals surface area contributed by atoms with Gasteiger partial charge in [-0.1, -0.05) is 6.07 Å². The Morgan fingerprint density at radius 2 is 2.42 bits per heavy atom. The van der Waals surface area contributed by atoms with E-state index in [1.54, 1.807) is 18.3 Å². The van der Waals surface area contributed by atoms with E-state index in [-0.39, 0.29) is 6.42 Å². The summed E-state index contributed by atoms with van der Waals surface area (Å²) < 4.78 is 0. The average Bonchev–Trinajstić information content (AvgIpc) is 2.06. The first kappa shape index (κ1) is 8.67. The molecule has 0 radical (unpaired) electrons. The van der Waals surface area contributed by atoms with Crippen LogP contribution >= 0.6 is 0 Å². The topological polar surface area (TPSA) is 70.4 Å². The third kappa shape index (κ3) is 2.32. The normalized spacial score (nSPS) is 12.4. The molecule has 0 saturated carbocycles.